The Bertz CT molecular complexity index is 357. The third kappa shape index (κ3) is 2.53. The summed E-state index contributed by atoms with van der Waals surface area (Å²) in [6.07, 6.45) is 2.17. The maximum Gasteiger partial charge on any atom is 0.123 e. The van der Waals surface area contributed by atoms with Crippen molar-refractivity contribution in [3.63, 3.8) is 0 Å². The van der Waals surface area contributed by atoms with E-state index in [9.17, 15) is 4.39 Å². The molecule has 0 radical (unpaired) electrons. The third-order valence-corrected chi connectivity index (χ3v) is 3.19. The Kier molecular flexibility index (Phi) is 3.44. The minimum Gasteiger partial charge on any atom is -0.377 e. The van der Waals surface area contributed by atoms with Crippen molar-refractivity contribution in [2.45, 2.75) is 12.8 Å². The Balaban J connectivity index is 2.19. The molecule has 0 aliphatic carbocycles. The van der Waals surface area contributed by atoms with Gasteiger partial charge in [-0.05, 0) is 55.6 Å². The molecule has 1 aliphatic rings. The quantitative estimate of drug-likeness (QED) is 0.842. The van der Waals surface area contributed by atoms with Crippen molar-refractivity contribution in [2.75, 3.05) is 32.1 Å². The zero-order valence-corrected chi connectivity index (χ0v) is 9.96. The van der Waals surface area contributed by atoms with Gasteiger partial charge in [0.2, 0.25) is 0 Å². The van der Waals surface area contributed by atoms with Crippen molar-refractivity contribution < 1.29 is 4.39 Å². The average molecular weight is 222 g/mol. The number of hydrogen-bond acceptors (Lipinski definition) is 2. The second kappa shape index (κ2) is 4.83. The van der Waals surface area contributed by atoms with Crippen molar-refractivity contribution in [3.8, 4) is 0 Å². The summed E-state index contributed by atoms with van der Waals surface area (Å²) in [6.45, 7) is 2.15. The van der Waals surface area contributed by atoms with Crippen LogP contribution in [0.15, 0.2) is 18.2 Å². The van der Waals surface area contributed by atoms with E-state index in [1.54, 1.807) is 6.07 Å². The lowest BCUT2D eigenvalue weighted by atomic mass is 9.97. The number of nitrogens with one attached hydrogen (secondary N) is 1. The first-order chi connectivity index (χ1) is 7.66. The van der Waals surface area contributed by atoms with E-state index in [2.05, 4.69) is 10.2 Å². The van der Waals surface area contributed by atoms with E-state index in [0.29, 0.717) is 5.92 Å². The van der Waals surface area contributed by atoms with Crippen LogP contribution in [0.1, 0.15) is 12.0 Å². The molecule has 1 saturated heterocycles. The van der Waals surface area contributed by atoms with Crippen LogP contribution in [-0.4, -0.2) is 27.2 Å². The maximum absolute atomic E-state index is 13.3. The first-order valence-corrected chi connectivity index (χ1v) is 5.83. The number of anilines is 1. The molecule has 0 amide bonds. The second-order valence-corrected chi connectivity index (χ2v) is 4.73. The summed E-state index contributed by atoms with van der Waals surface area (Å²) in [5, 5.41) is 3.35. The Labute approximate surface area is 96.5 Å². The van der Waals surface area contributed by atoms with Gasteiger partial charge in [0, 0.05) is 19.8 Å². The van der Waals surface area contributed by atoms with E-state index in [1.807, 2.05) is 20.2 Å². The van der Waals surface area contributed by atoms with Gasteiger partial charge in [0.05, 0.1) is 0 Å². The second-order valence-electron chi connectivity index (χ2n) is 4.73. The van der Waals surface area contributed by atoms with Crippen LogP contribution >= 0.6 is 0 Å². The van der Waals surface area contributed by atoms with Crippen LogP contribution in [0.2, 0.25) is 0 Å². The predicted molar refractivity (Wildman–Crippen MR) is 65.4 cm³/mol. The summed E-state index contributed by atoms with van der Waals surface area (Å²) < 4.78 is 13.3. The van der Waals surface area contributed by atoms with Gasteiger partial charge in [-0.15, -0.1) is 0 Å². The van der Waals surface area contributed by atoms with Gasteiger partial charge in [0.1, 0.15) is 5.82 Å². The smallest absolute Gasteiger partial charge is 0.123 e. The first-order valence-electron chi connectivity index (χ1n) is 5.83. The highest BCUT2D eigenvalue weighted by molar-refractivity contribution is 5.52. The summed E-state index contributed by atoms with van der Waals surface area (Å²) in [7, 11) is 4.01. The summed E-state index contributed by atoms with van der Waals surface area (Å²) >= 11 is 0. The summed E-state index contributed by atoms with van der Waals surface area (Å²) in [6, 6.07) is 5.08. The molecule has 1 fully saturated rings. The average Bonchev–Trinajstić information content (AvgIpc) is 2.70. The van der Waals surface area contributed by atoms with Crippen LogP contribution in [0.5, 0.6) is 0 Å². The first kappa shape index (κ1) is 11.4. The molecule has 2 rings (SSSR count). The minimum atomic E-state index is -0.133. The van der Waals surface area contributed by atoms with Gasteiger partial charge >= 0.3 is 0 Å². The van der Waals surface area contributed by atoms with E-state index < -0.39 is 0 Å². The molecule has 88 valence electrons. The number of halogens is 1. The molecular formula is C13H19FN2. The highest BCUT2D eigenvalue weighted by Gasteiger charge is 2.17. The molecule has 0 aromatic heterocycles. The zero-order chi connectivity index (χ0) is 11.5. The van der Waals surface area contributed by atoms with Crippen molar-refractivity contribution in [3.05, 3.63) is 29.6 Å². The Morgan fingerprint density at radius 1 is 1.44 bits per heavy atom. The maximum atomic E-state index is 13.3. The van der Waals surface area contributed by atoms with Crippen LogP contribution < -0.4 is 10.2 Å². The molecule has 2 nitrogen and oxygen atoms in total. The van der Waals surface area contributed by atoms with Gasteiger partial charge in [-0.2, -0.15) is 0 Å². The minimum absolute atomic E-state index is 0.133. The lowest BCUT2D eigenvalue weighted by Crippen LogP contribution is -2.15. The summed E-state index contributed by atoms with van der Waals surface area (Å²) in [5.74, 6) is 0.520. The molecule has 1 aromatic rings. The summed E-state index contributed by atoms with van der Waals surface area (Å²) in [5.41, 5.74) is 2.26. The fourth-order valence-electron chi connectivity index (χ4n) is 2.35. The fourth-order valence-corrected chi connectivity index (χ4v) is 2.35. The lowest BCUT2D eigenvalue weighted by Gasteiger charge is -2.19. The molecule has 1 heterocycles. The molecule has 1 aromatic carbocycles. The van der Waals surface area contributed by atoms with Crippen LogP contribution in [0.3, 0.4) is 0 Å². The van der Waals surface area contributed by atoms with Gasteiger partial charge in [-0.1, -0.05) is 0 Å². The van der Waals surface area contributed by atoms with Crippen molar-refractivity contribution in [1.29, 1.82) is 0 Å². The highest BCUT2D eigenvalue weighted by atomic mass is 19.1. The lowest BCUT2D eigenvalue weighted by molar-refractivity contribution is 0.573. The van der Waals surface area contributed by atoms with Gasteiger partial charge in [-0.3, -0.25) is 0 Å². The van der Waals surface area contributed by atoms with Crippen LogP contribution in [0, 0.1) is 11.7 Å². The molecule has 1 unspecified atom stereocenters. The SMILES string of the molecule is CN(C)c1ccc(F)cc1CC1CCNC1. The van der Waals surface area contributed by atoms with Crippen LogP contribution in [0.4, 0.5) is 10.1 Å². The van der Waals surface area contributed by atoms with E-state index in [0.717, 1.165) is 30.8 Å². The standard InChI is InChI=1S/C13H19FN2/c1-16(2)13-4-3-12(14)8-11(13)7-10-5-6-15-9-10/h3-4,8,10,15H,5-7,9H2,1-2H3. The molecule has 3 heteroatoms. The number of nitrogens with zero attached hydrogens (tertiary/aromatic N) is 1. The third-order valence-electron chi connectivity index (χ3n) is 3.19. The van der Waals surface area contributed by atoms with Crippen molar-refractivity contribution >= 4 is 5.69 Å². The van der Waals surface area contributed by atoms with Crippen molar-refractivity contribution in [2.24, 2.45) is 5.92 Å². The molecule has 1 aliphatic heterocycles. The van der Waals surface area contributed by atoms with Crippen LogP contribution in [0.25, 0.3) is 0 Å². The van der Waals surface area contributed by atoms with E-state index >= 15 is 0 Å². The van der Waals surface area contributed by atoms with Gasteiger partial charge in [0.15, 0.2) is 0 Å². The Morgan fingerprint density at radius 2 is 2.25 bits per heavy atom. The predicted octanol–water partition coefficient (Wildman–Crippen LogP) is 2.04. The van der Waals surface area contributed by atoms with E-state index in [1.165, 1.54) is 12.5 Å². The van der Waals surface area contributed by atoms with Crippen LogP contribution in [-0.2, 0) is 6.42 Å². The molecule has 16 heavy (non-hydrogen) atoms. The molecule has 0 saturated carbocycles. The molecule has 0 bridgehead atoms. The topological polar surface area (TPSA) is 15.3 Å². The fraction of sp³-hybridized carbons (Fsp3) is 0.538. The molecular weight excluding hydrogens is 203 g/mol. The van der Waals surface area contributed by atoms with Gasteiger partial charge in [-0.25, -0.2) is 4.39 Å². The number of hydrogen-bond donors (Lipinski definition) is 1. The zero-order valence-electron chi connectivity index (χ0n) is 9.96. The Morgan fingerprint density at radius 3 is 2.88 bits per heavy atom. The van der Waals surface area contributed by atoms with Gasteiger partial charge in [0.25, 0.3) is 0 Å². The summed E-state index contributed by atoms with van der Waals surface area (Å²) in [4.78, 5) is 2.05. The molecule has 0 spiro atoms. The largest absolute Gasteiger partial charge is 0.377 e. The highest BCUT2D eigenvalue weighted by Crippen LogP contribution is 2.24. The molecule has 1 N–H and O–H groups in total. The van der Waals surface area contributed by atoms with E-state index in [4.69, 9.17) is 0 Å². The van der Waals surface area contributed by atoms with Crippen molar-refractivity contribution in [1.82, 2.24) is 5.32 Å². The number of rotatable bonds is 3. The van der Waals surface area contributed by atoms with E-state index in [-0.39, 0.29) is 5.82 Å². The Hall–Kier alpha value is -1.09. The normalized spacial score (nSPS) is 20.1. The van der Waals surface area contributed by atoms with Gasteiger partial charge < -0.3 is 10.2 Å². The molecule has 1 atom stereocenters. The monoisotopic (exact) mass is 222 g/mol. The number of benzene rings is 1.